The van der Waals surface area contributed by atoms with Crippen LogP contribution in [0.25, 0.3) is 6.08 Å². The van der Waals surface area contributed by atoms with Crippen LogP contribution in [0.3, 0.4) is 0 Å². The van der Waals surface area contributed by atoms with Crippen molar-refractivity contribution < 1.29 is 26.9 Å². The second kappa shape index (κ2) is 10.1. The van der Waals surface area contributed by atoms with Gasteiger partial charge < -0.3 is 8.92 Å². The molecule has 34 heavy (non-hydrogen) atoms. The van der Waals surface area contributed by atoms with Gasteiger partial charge in [0.05, 0.1) is 11.4 Å². The molecule has 0 unspecified atom stereocenters. The lowest BCUT2D eigenvalue weighted by Crippen LogP contribution is -2.32. The van der Waals surface area contributed by atoms with Gasteiger partial charge in [-0.2, -0.15) is 8.42 Å². The zero-order valence-electron chi connectivity index (χ0n) is 18.2. The summed E-state index contributed by atoms with van der Waals surface area (Å²) < 4.78 is 35.8. The summed E-state index contributed by atoms with van der Waals surface area (Å²) in [6.45, 7) is 2.27. The van der Waals surface area contributed by atoms with E-state index in [1.807, 2.05) is 31.2 Å². The third kappa shape index (κ3) is 5.67. The van der Waals surface area contributed by atoms with E-state index in [1.165, 1.54) is 30.3 Å². The summed E-state index contributed by atoms with van der Waals surface area (Å²) in [6.07, 6.45) is 1.54. The molecule has 0 spiro atoms. The van der Waals surface area contributed by atoms with E-state index >= 15 is 0 Å². The Morgan fingerprint density at radius 2 is 1.65 bits per heavy atom. The zero-order chi connectivity index (χ0) is 24.1. The molecular formula is C25H21NO6S2. The third-order valence-electron chi connectivity index (χ3n) is 4.87. The van der Waals surface area contributed by atoms with Crippen molar-refractivity contribution in [2.24, 2.45) is 0 Å². The average Bonchev–Trinajstić information content (AvgIpc) is 3.08. The SMILES string of the molecule is Cc1ccc(OCCN2C(=O)S/C(=C\c3cccc(OS(=O)(=O)c4ccccc4)c3)C2=O)cc1. The van der Waals surface area contributed by atoms with E-state index < -0.39 is 16.0 Å². The molecule has 174 valence electrons. The number of amides is 2. The fourth-order valence-electron chi connectivity index (χ4n) is 3.15. The highest BCUT2D eigenvalue weighted by atomic mass is 32.2. The maximum atomic E-state index is 12.7. The number of imide groups is 1. The molecule has 0 saturated carbocycles. The second-order valence-corrected chi connectivity index (χ2v) is 9.96. The summed E-state index contributed by atoms with van der Waals surface area (Å²) in [4.78, 5) is 26.5. The minimum Gasteiger partial charge on any atom is -0.492 e. The molecule has 0 N–H and O–H groups in total. The molecule has 3 aromatic rings. The van der Waals surface area contributed by atoms with Gasteiger partial charge in [0, 0.05) is 0 Å². The number of aryl methyl sites for hydroxylation is 1. The Morgan fingerprint density at radius 1 is 0.912 bits per heavy atom. The van der Waals surface area contributed by atoms with Crippen LogP contribution in [-0.2, 0) is 14.9 Å². The van der Waals surface area contributed by atoms with E-state index in [9.17, 15) is 18.0 Å². The first-order valence-electron chi connectivity index (χ1n) is 10.4. The van der Waals surface area contributed by atoms with Crippen molar-refractivity contribution in [3.8, 4) is 11.5 Å². The van der Waals surface area contributed by atoms with Crippen LogP contribution >= 0.6 is 11.8 Å². The van der Waals surface area contributed by atoms with Crippen molar-refractivity contribution >= 4 is 39.1 Å². The van der Waals surface area contributed by atoms with Crippen LogP contribution in [0.4, 0.5) is 4.79 Å². The summed E-state index contributed by atoms with van der Waals surface area (Å²) in [5, 5.41) is -0.386. The van der Waals surface area contributed by atoms with Crippen molar-refractivity contribution in [3.05, 3.63) is 94.9 Å². The van der Waals surface area contributed by atoms with E-state index in [1.54, 1.807) is 30.3 Å². The molecule has 3 aromatic carbocycles. The highest BCUT2D eigenvalue weighted by Crippen LogP contribution is 2.32. The predicted octanol–water partition coefficient (Wildman–Crippen LogP) is 4.88. The van der Waals surface area contributed by atoms with Crippen molar-refractivity contribution in [2.45, 2.75) is 11.8 Å². The van der Waals surface area contributed by atoms with Gasteiger partial charge in [0.25, 0.3) is 11.1 Å². The van der Waals surface area contributed by atoms with Crippen molar-refractivity contribution in [3.63, 3.8) is 0 Å². The Balaban J connectivity index is 1.42. The molecule has 0 radical (unpaired) electrons. The van der Waals surface area contributed by atoms with Gasteiger partial charge in [-0.15, -0.1) is 0 Å². The van der Waals surface area contributed by atoms with E-state index in [0.29, 0.717) is 11.3 Å². The number of hydrogen-bond donors (Lipinski definition) is 0. The van der Waals surface area contributed by atoms with Gasteiger partial charge in [0.2, 0.25) is 0 Å². The molecule has 9 heteroatoms. The minimum atomic E-state index is -3.99. The maximum Gasteiger partial charge on any atom is 0.339 e. The maximum absolute atomic E-state index is 12.7. The van der Waals surface area contributed by atoms with E-state index in [2.05, 4.69) is 0 Å². The Labute approximate surface area is 202 Å². The van der Waals surface area contributed by atoms with Gasteiger partial charge in [-0.3, -0.25) is 14.5 Å². The smallest absolute Gasteiger partial charge is 0.339 e. The number of rotatable bonds is 8. The standard InChI is InChI=1S/C25H21NO6S2/c1-18-10-12-20(13-11-18)31-15-14-26-24(27)23(33-25(26)28)17-19-6-5-7-21(16-19)32-34(29,30)22-8-3-2-4-9-22/h2-13,16-17H,14-15H2,1H3/b23-17-. The van der Waals surface area contributed by atoms with E-state index in [-0.39, 0.29) is 33.9 Å². The minimum absolute atomic E-state index is 0.0365. The molecule has 1 aliphatic rings. The number of thioether (sulfide) groups is 1. The quantitative estimate of drug-likeness (QED) is 0.325. The lowest BCUT2D eigenvalue weighted by Gasteiger charge is -2.13. The topological polar surface area (TPSA) is 90.0 Å². The molecule has 1 heterocycles. The third-order valence-corrected chi connectivity index (χ3v) is 7.04. The average molecular weight is 496 g/mol. The fourth-order valence-corrected chi connectivity index (χ4v) is 4.96. The molecule has 0 aliphatic carbocycles. The molecule has 0 aromatic heterocycles. The lowest BCUT2D eigenvalue weighted by molar-refractivity contribution is -0.123. The Morgan fingerprint density at radius 3 is 2.38 bits per heavy atom. The number of hydrogen-bond acceptors (Lipinski definition) is 7. The van der Waals surface area contributed by atoms with Crippen molar-refractivity contribution in [2.75, 3.05) is 13.2 Å². The molecule has 1 fully saturated rings. The van der Waals surface area contributed by atoms with Crippen molar-refractivity contribution in [1.29, 1.82) is 0 Å². The van der Waals surface area contributed by atoms with Crippen LogP contribution in [0.15, 0.2) is 88.7 Å². The molecule has 0 atom stereocenters. The second-order valence-electron chi connectivity index (χ2n) is 7.42. The van der Waals surface area contributed by atoms with Gasteiger partial charge in [-0.25, -0.2) is 0 Å². The molecule has 4 rings (SSSR count). The van der Waals surface area contributed by atoms with Gasteiger partial charge in [0.1, 0.15) is 23.0 Å². The van der Waals surface area contributed by atoms with Gasteiger partial charge >= 0.3 is 10.1 Å². The molecule has 2 amide bonds. The van der Waals surface area contributed by atoms with Crippen LogP contribution in [0, 0.1) is 6.92 Å². The highest BCUT2D eigenvalue weighted by Gasteiger charge is 2.34. The molecular weight excluding hydrogens is 474 g/mol. The Hall–Kier alpha value is -3.56. The highest BCUT2D eigenvalue weighted by molar-refractivity contribution is 8.18. The van der Waals surface area contributed by atoms with Crippen molar-refractivity contribution in [1.82, 2.24) is 4.90 Å². The predicted molar refractivity (Wildman–Crippen MR) is 130 cm³/mol. The van der Waals surface area contributed by atoms with Crippen LogP contribution in [0.2, 0.25) is 0 Å². The molecule has 1 aliphatic heterocycles. The largest absolute Gasteiger partial charge is 0.492 e. The number of carbonyl (C=O) groups is 2. The van der Waals surface area contributed by atoms with Crippen LogP contribution in [-0.4, -0.2) is 37.6 Å². The number of nitrogens with zero attached hydrogens (tertiary/aromatic N) is 1. The normalized spacial score (nSPS) is 15.1. The fraction of sp³-hybridized carbons (Fsp3) is 0.120. The first kappa shape index (κ1) is 23.6. The monoisotopic (exact) mass is 495 g/mol. The summed E-state index contributed by atoms with van der Waals surface area (Å²) in [5.74, 6) is 0.337. The van der Waals surface area contributed by atoms with E-state index in [4.69, 9.17) is 8.92 Å². The zero-order valence-corrected chi connectivity index (χ0v) is 19.8. The first-order chi connectivity index (χ1) is 16.3. The van der Waals surface area contributed by atoms with Gasteiger partial charge in [-0.05, 0) is 66.7 Å². The van der Waals surface area contributed by atoms with Crippen LogP contribution in [0.5, 0.6) is 11.5 Å². The summed E-state index contributed by atoms with van der Waals surface area (Å²) in [7, 11) is -3.99. The molecule has 1 saturated heterocycles. The summed E-state index contributed by atoms with van der Waals surface area (Å²) in [6, 6.07) is 21.6. The molecule has 0 bridgehead atoms. The van der Waals surface area contributed by atoms with Gasteiger partial charge in [-0.1, -0.05) is 48.0 Å². The van der Waals surface area contributed by atoms with Crippen LogP contribution in [0.1, 0.15) is 11.1 Å². The number of carbonyl (C=O) groups excluding carboxylic acids is 2. The molecule has 7 nitrogen and oxygen atoms in total. The summed E-state index contributed by atoms with van der Waals surface area (Å²) in [5.41, 5.74) is 1.64. The Bertz CT molecular complexity index is 1340. The van der Waals surface area contributed by atoms with E-state index in [0.717, 1.165) is 22.2 Å². The van der Waals surface area contributed by atoms with Crippen LogP contribution < -0.4 is 8.92 Å². The Kier molecular flexibility index (Phi) is 7.04. The van der Waals surface area contributed by atoms with Gasteiger partial charge in [0.15, 0.2) is 0 Å². The number of benzene rings is 3. The summed E-state index contributed by atoms with van der Waals surface area (Å²) >= 11 is 0.825. The lowest BCUT2D eigenvalue weighted by atomic mass is 10.2. The number of ether oxygens (including phenoxy) is 1. The first-order valence-corrected chi connectivity index (χ1v) is 12.6.